The van der Waals surface area contributed by atoms with Crippen molar-refractivity contribution < 1.29 is 0 Å². The maximum absolute atomic E-state index is 4.44. The molecule has 1 rings (SSSR count). The molecule has 0 aliphatic carbocycles. The van der Waals surface area contributed by atoms with Gasteiger partial charge in [0.1, 0.15) is 0 Å². The van der Waals surface area contributed by atoms with E-state index in [4.69, 9.17) is 0 Å². The van der Waals surface area contributed by atoms with Crippen molar-refractivity contribution >= 4 is 0 Å². The summed E-state index contributed by atoms with van der Waals surface area (Å²) in [5.74, 6) is 0.510. The molecule has 0 aromatic carbocycles. The summed E-state index contributed by atoms with van der Waals surface area (Å²) in [6.07, 6.45) is 1.88. The van der Waals surface area contributed by atoms with Gasteiger partial charge in [0.25, 0.3) is 0 Å². The molecule has 1 heterocycles. The zero-order valence-corrected chi connectivity index (χ0v) is 11.3. The fourth-order valence-corrected chi connectivity index (χ4v) is 1.51. The molecule has 0 bridgehead atoms. The second-order valence-corrected chi connectivity index (χ2v) is 4.84. The molecule has 0 spiro atoms. The number of pyridine rings is 1. The Bertz CT molecular complexity index is 282. The van der Waals surface area contributed by atoms with E-state index in [1.807, 2.05) is 26.1 Å². The van der Waals surface area contributed by atoms with E-state index in [1.54, 1.807) is 0 Å². The summed E-state index contributed by atoms with van der Waals surface area (Å²) in [5.41, 5.74) is 2.80. The lowest BCUT2D eigenvalue weighted by atomic mass is 9.83. The first-order valence-electron chi connectivity index (χ1n) is 5.88. The summed E-state index contributed by atoms with van der Waals surface area (Å²) in [7, 11) is 0. The molecule has 0 unspecified atom stereocenters. The fraction of sp³-hybridized carbons (Fsp3) is 0.643. The Morgan fingerprint density at radius 1 is 1.13 bits per heavy atom. The van der Waals surface area contributed by atoms with Crippen LogP contribution < -0.4 is 0 Å². The minimum absolute atomic E-state index is 0.202. The third kappa shape index (κ3) is 4.03. The highest BCUT2D eigenvalue weighted by molar-refractivity contribution is 5.29. The highest BCUT2D eigenvalue weighted by Gasteiger charge is 2.19. The summed E-state index contributed by atoms with van der Waals surface area (Å²) in [5, 5.41) is 0. The Morgan fingerprint density at radius 3 is 2.00 bits per heavy atom. The van der Waals surface area contributed by atoms with Gasteiger partial charge in [-0.2, -0.15) is 0 Å². The number of nitrogens with zero attached hydrogens (tertiary/aromatic N) is 1. The molecule has 0 saturated heterocycles. The van der Waals surface area contributed by atoms with Crippen LogP contribution in [0.4, 0.5) is 0 Å². The lowest BCUT2D eigenvalue weighted by Gasteiger charge is -2.23. The molecule has 0 aliphatic heterocycles. The molecule has 1 nitrogen and oxygen atoms in total. The van der Waals surface area contributed by atoms with Gasteiger partial charge >= 0.3 is 0 Å². The lowest BCUT2D eigenvalue weighted by Crippen LogP contribution is -2.15. The predicted octanol–water partition coefficient (Wildman–Crippen LogP) is 4.53. The average Bonchev–Trinajstić information content (AvgIpc) is 2.19. The van der Waals surface area contributed by atoms with Crippen molar-refractivity contribution in [2.24, 2.45) is 0 Å². The van der Waals surface area contributed by atoms with Gasteiger partial charge in [-0.15, -0.1) is 0 Å². The first-order valence-corrected chi connectivity index (χ1v) is 5.88. The van der Waals surface area contributed by atoms with Gasteiger partial charge in [0.2, 0.25) is 0 Å². The van der Waals surface area contributed by atoms with Crippen molar-refractivity contribution in [2.75, 3.05) is 0 Å². The van der Waals surface area contributed by atoms with Crippen molar-refractivity contribution in [1.82, 2.24) is 4.98 Å². The van der Waals surface area contributed by atoms with Gasteiger partial charge in [-0.3, -0.25) is 4.98 Å². The van der Waals surface area contributed by atoms with E-state index in [2.05, 4.69) is 45.7 Å². The van der Waals surface area contributed by atoms with Gasteiger partial charge in [-0.05, 0) is 23.0 Å². The molecular formula is C14H25N. The SMILES string of the molecule is CC.CC(C)c1ncccc1C(C)(C)C. The van der Waals surface area contributed by atoms with Crippen LogP contribution >= 0.6 is 0 Å². The second-order valence-electron chi connectivity index (χ2n) is 4.84. The number of hydrogen-bond acceptors (Lipinski definition) is 1. The second kappa shape index (κ2) is 5.89. The smallest absolute Gasteiger partial charge is 0.0466 e. The normalized spacial score (nSPS) is 10.9. The highest BCUT2D eigenvalue weighted by atomic mass is 14.7. The fourth-order valence-electron chi connectivity index (χ4n) is 1.51. The summed E-state index contributed by atoms with van der Waals surface area (Å²) in [6.45, 7) is 15.1. The minimum Gasteiger partial charge on any atom is -0.261 e. The Labute approximate surface area is 94.9 Å². The lowest BCUT2D eigenvalue weighted by molar-refractivity contribution is 0.570. The Kier molecular flexibility index (Phi) is 5.56. The molecule has 1 aromatic heterocycles. The van der Waals surface area contributed by atoms with Crippen molar-refractivity contribution in [1.29, 1.82) is 0 Å². The molecule has 0 atom stereocenters. The third-order valence-electron chi connectivity index (χ3n) is 2.19. The quantitative estimate of drug-likeness (QED) is 0.659. The first-order chi connectivity index (χ1) is 6.93. The van der Waals surface area contributed by atoms with Crippen molar-refractivity contribution in [2.45, 2.75) is 59.8 Å². The van der Waals surface area contributed by atoms with Crippen LogP contribution in [0.25, 0.3) is 0 Å². The van der Waals surface area contributed by atoms with E-state index in [0.29, 0.717) is 5.92 Å². The van der Waals surface area contributed by atoms with E-state index < -0.39 is 0 Å². The molecule has 0 saturated carbocycles. The van der Waals surface area contributed by atoms with Crippen molar-refractivity contribution in [3.8, 4) is 0 Å². The Hall–Kier alpha value is -0.850. The van der Waals surface area contributed by atoms with Crippen LogP contribution in [0.15, 0.2) is 18.3 Å². The van der Waals surface area contributed by atoms with E-state index >= 15 is 0 Å². The van der Waals surface area contributed by atoms with Crippen LogP contribution in [0.3, 0.4) is 0 Å². The summed E-state index contributed by atoms with van der Waals surface area (Å²) < 4.78 is 0. The van der Waals surface area contributed by atoms with E-state index in [-0.39, 0.29) is 5.41 Å². The maximum atomic E-state index is 4.44. The molecule has 0 aliphatic rings. The zero-order valence-electron chi connectivity index (χ0n) is 11.3. The summed E-state index contributed by atoms with van der Waals surface area (Å²) >= 11 is 0. The van der Waals surface area contributed by atoms with E-state index in [0.717, 1.165) is 0 Å². The van der Waals surface area contributed by atoms with Crippen molar-refractivity contribution in [3.05, 3.63) is 29.6 Å². The molecular weight excluding hydrogens is 182 g/mol. The molecule has 0 radical (unpaired) electrons. The predicted molar refractivity (Wildman–Crippen MR) is 68.4 cm³/mol. The van der Waals surface area contributed by atoms with Crippen LogP contribution in [-0.2, 0) is 5.41 Å². The number of aromatic nitrogens is 1. The molecule has 0 fully saturated rings. The molecule has 0 amide bonds. The van der Waals surface area contributed by atoms with Gasteiger partial charge in [0, 0.05) is 11.9 Å². The summed E-state index contributed by atoms with van der Waals surface area (Å²) in [6, 6.07) is 4.20. The van der Waals surface area contributed by atoms with E-state index in [9.17, 15) is 0 Å². The largest absolute Gasteiger partial charge is 0.261 e. The number of rotatable bonds is 1. The van der Waals surface area contributed by atoms with Crippen LogP contribution in [0, 0.1) is 0 Å². The Morgan fingerprint density at radius 2 is 1.67 bits per heavy atom. The van der Waals surface area contributed by atoms with Crippen LogP contribution in [0.5, 0.6) is 0 Å². The van der Waals surface area contributed by atoms with Gasteiger partial charge in [0.15, 0.2) is 0 Å². The van der Waals surface area contributed by atoms with Gasteiger partial charge in [0.05, 0.1) is 0 Å². The zero-order chi connectivity index (χ0) is 12.1. The maximum Gasteiger partial charge on any atom is 0.0466 e. The average molecular weight is 207 g/mol. The van der Waals surface area contributed by atoms with Gasteiger partial charge in [-0.1, -0.05) is 54.5 Å². The Balaban J connectivity index is 0.000000921. The van der Waals surface area contributed by atoms with Crippen LogP contribution in [-0.4, -0.2) is 4.98 Å². The van der Waals surface area contributed by atoms with Gasteiger partial charge < -0.3 is 0 Å². The highest BCUT2D eigenvalue weighted by Crippen LogP contribution is 2.28. The topological polar surface area (TPSA) is 12.9 Å². The van der Waals surface area contributed by atoms with Crippen LogP contribution in [0.2, 0.25) is 0 Å². The van der Waals surface area contributed by atoms with Crippen molar-refractivity contribution in [3.63, 3.8) is 0 Å². The minimum atomic E-state index is 0.202. The molecule has 1 heteroatoms. The number of hydrogen-bond donors (Lipinski definition) is 0. The molecule has 15 heavy (non-hydrogen) atoms. The van der Waals surface area contributed by atoms with Crippen LogP contribution in [0.1, 0.15) is 65.6 Å². The molecule has 0 N–H and O–H groups in total. The standard InChI is InChI=1S/C12H19N.C2H6/c1-9(2)11-10(12(3,4)5)7-6-8-13-11;1-2/h6-9H,1-5H3;1-2H3. The summed E-state index contributed by atoms with van der Waals surface area (Å²) in [4.78, 5) is 4.44. The third-order valence-corrected chi connectivity index (χ3v) is 2.19. The first kappa shape index (κ1) is 14.2. The molecule has 86 valence electrons. The monoisotopic (exact) mass is 207 g/mol. The van der Waals surface area contributed by atoms with E-state index in [1.165, 1.54) is 11.3 Å². The molecule has 1 aromatic rings. The van der Waals surface area contributed by atoms with Gasteiger partial charge in [-0.25, -0.2) is 0 Å².